The number of rotatable bonds is 13. The minimum Gasteiger partial charge on any atom is -0.0991 e. The Bertz CT molecular complexity index is 1590. The normalized spacial score (nSPS) is 12.1. The number of allylic oxidation sites excluding steroid dienone is 5. The predicted molar refractivity (Wildman–Crippen MR) is 199 cm³/mol. The molecule has 5 aromatic rings. The lowest BCUT2D eigenvalue weighted by Gasteiger charge is -2.24. The molecule has 0 heterocycles. The Morgan fingerprint density at radius 2 is 1.14 bits per heavy atom. The molecule has 0 aliphatic heterocycles. The number of benzene rings is 5. The van der Waals surface area contributed by atoms with E-state index < -0.39 is 15.8 Å². The van der Waals surface area contributed by atoms with Crippen LogP contribution in [0.25, 0.3) is 0 Å². The molecule has 0 N–H and O–H groups in total. The first-order valence-corrected chi connectivity index (χ1v) is 18.3. The first-order chi connectivity index (χ1) is 21.7. The van der Waals surface area contributed by atoms with Gasteiger partial charge < -0.3 is 0 Å². The van der Waals surface area contributed by atoms with Crippen molar-refractivity contribution < 1.29 is 0 Å². The lowest BCUT2D eigenvalue weighted by atomic mass is 10.0. The van der Waals surface area contributed by atoms with Crippen molar-refractivity contribution in [2.24, 2.45) is 0 Å². The van der Waals surface area contributed by atoms with Gasteiger partial charge in [-0.1, -0.05) is 183 Å². The lowest BCUT2D eigenvalue weighted by Crippen LogP contribution is -2.23. The fraction of sp³-hybridized carbons (Fsp3) is 0.143. The second-order valence-corrected chi connectivity index (χ2v) is 15.4. The van der Waals surface area contributed by atoms with E-state index in [2.05, 4.69) is 172 Å². The quantitative estimate of drug-likeness (QED) is 0.0923. The molecule has 5 aromatic carbocycles. The summed E-state index contributed by atoms with van der Waals surface area (Å²) >= 11 is 0. The standard InChI is InChI=1S/C42H42P2/c1-4-6-28-41(43(37-20-11-7-12-21-37)38-22-13-8-14-23-38)34(3)29-30-35-31-32-36(19-5-2)42(33-35)44(39-24-15-9-16-25-39)40-26-17-10-18-27-40/h4,6-18,20-28,31-33H,1,5,19,29-30H2,2-3H3/b28-6-,41-34-. The van der Waals surface area contributed by atoms with Crippen LogP contribution >= 0.6 is 15.8 Å². The summed E-state index contributed by atoms with van der Waals surface area (Å²) in [6.07, 6.45) is 10.6. The van der Waals surface area contributed by atoms with Crippen LogP contribution in [0.5, 0.6) is 0 Å². The molecule has 0 saturated carbocycles. The van der Waals surface area contributed by atoms with Gasteiger partial charge in [0.1, 0.15) is 0 Å². The van der Waals surface area contributed by atoms with Gasteiger partial charge >= 0.3 is 0 Å². The molecule has 0 atom stereocenters. The van der Waals surface area contributed by atoms with E-state index in [0.717, 1.165) is 25.7 Å². The molecule has 0 aliphatic carbocycles. The molecule has 0 aromatic heterocycles. The molecule has 0 radical (unpaired) electrons. The molecule has 5 rings (SSSR count). The number of hydrogen-bond acceptors (Lipinski definition) is 0. The van der Waals surface area contributed by atoms with Crippen molar-refractivity contribution in [3.63, 3.8) is 0 Å². The molecule has 220 valence electrons. The maximum Gasteiger partial charge on any atom is -0.0116 e. The molecule has 0 saturated heterocycles. The van der Waals surface area contributed by atoms with Crippen molar-refractivity contribution in [3.8, 4) is 0 Å². The van der Waals surface area contributed by atoms with Crippen LogP contribution in [-0.2, 0) is 12.8 Å². The van der Waals surface area contributed by atoms with E-state index in [1.54, 1.807) is 0 Å². The summed E-state index contributed by atoms with van der Waals surface area (Å²) in [5.74, 6) is 0. The van der Waals surface area contributed by atoms with E-state index in [1.165, 1.54) is 48.5 Å². The molecule has 0 spiro atoms. The van der Waals surface area contributed by atoms with E-state index in [-0.39, 0.29) is 0 Å². The minimum absolute atomic E-state index is 0.643. The van der Waals surface area contributed by atoms with Crippen LogP contribution in [0.4, 0.5) is 0 Å². The fourth-order valence-corrected chi connectivity index (χ4v) is 10.7. The number of hydrogen-bond donors (Lipinski definition) is 0. The van der Waals surface area contributed by atoms with Gasteiger partial charge in [0.15, 0.2) is 0 Å². The van der Waals surface area contributed by atoms with E-state index >= 15 is 0 Å². The van der Waals surface area contributed by atoms with Crippen LogP contribution in [0.15, 0.2) is 175 Å². The molecular formula is C42H42P2. The van der Waals surface area contributed by atoms with Crippen molar-refractivity contribution in [1.29, 1.82) is 0 Å². The van der Waals surface area contributed by atoms with Crippen molar-refractivity contribution in [2.75, 3.05) is 0 Å². The second kappa shape index (κ2) is 16.3. The van der Waals surface area contributed by atoms with Crippen molar-refractivity contribution in [3.05, 3.63) is 186 Å². The average Bonchev–Trinajstić information content (AvgIpc) is 3.08. The monoisotopic (exact) mass is 608 g/mol. The maximum atomic E-state index is 3.99. The van der Waals surface area contributed by atoms with Gasteiger partial charge in [-0.2, -0.15) is 0 Å². The Kier molecular flexibility index (Phi) is 11.7. The van der Waals surface area contributed by atoms with Crippen LogP contribution in [0.3, 0.4) is 0 Å². The maximum absolute atomic E-state index is 3.99. The molecule has 0 aliphatic rings. The Morgan fingerprint density at radius 1 is 0.636 bits per heavy atom. The third-order valence-corrected chi connectivity index (χ3v) is 13.0. The molecule has 0 amide bonds. The summed E-state index contributed by atoms with van der Waals surface area (Å²) in [7, 11) is -1.33. The first-order valence-electron chi connectivity index (χ1n) is 15.6. The SMILES string of the molecule is C=C/C=C\C(=C(/C)CCc1ccc(CCC)c(P(c2ccccc2)c2ccccc2)c1)P(c1ccccc1)c1ccccc1. The van der Waals surface area contributed by atoms with E-state index in [4.69, 9.17) is 0 Å². The Balaban J connectivity index is 1.54. The van der Waals surface area contributed by atoms with Gasteiger partial charge in [-0.25, -0.2) is 0 Å². The zero-order valence-corrected chi connectivity index (χ0v) is 27.7. The molecule has 2 heteroatoms. The van der Waals surface area contributed by atoms with Gasteiger partial charge in [-0.15, -0.1) is 0 Å². The summed E-state index contributed by atoms with van der Waals surface area (Å²) in [4.78, 5) is 0. The highest BCUT2D eigenvalue weighted by molar-refractivity contribution is 7.80. The van der Waals surface area contributed by atoms with Crippen molar-refractivity contribution in [1.82, 2.24) is 0 Å². The highest BCUT2D eigenvalue weighted by atomic mass is 31.1. The summed E-state index contributed by atoms with van der Waals surface area (Å²) in [5.41, 5.74) is 4.33. The zero-order chi connectivity index (χ0) is 30.6. The second-order valence-electron chi connectivity index (χ2n) is 11.0. The Morgan fingerprint density at radius 3 is 1.61 bits per heavy atom. The molecule has 0 unspecified atom stereocenters. The van der Waals surface area contributed by atoms with Crippen molar-refractivity contribution in [2.45, 2.75) is 39.5 Å². The van der Waals surface area contributed by atoms with Crippen LogP contribution in [0.2, 0.25) is 0 Å². The first kappa shape index (κ1) is 31.6. The molecule has 44 heavy (non-hydrogen) atoms. The van der Waals surface area contributed by atoms with Gasteiger partial charge in [0.25, 0.3) is 0 Å². The predicted octanol–water partition coefficient (Wildman–Crippen LogP) is 9.48. The average molecular weight is 609 g/mol. The summed E-state index contributed by atoms with van der Waals surface area (Å²) < 4.78 is 0. The Labute approximate surface area is 267 Å². The molecule has 0 fully saturated rings. The summed E-state index contributed by atoms with van der Waals surface area (Å²) in [6.45, 7) is 8.61. The van der Waals surface area contributed by atoms with Gasteiger partial charge in [-0.3, -0.25) is 0 Å². The largest absolute Gasteiger partial charge is 0.0991 e. The van der Waals surface area contributed by atoms with Crippen LogP contribution in [-0.4, -0.2) is 0 Å². The topological polar surface area (TPSA) is 0 Å². The highest BCUT2D eigenvalue weighted by Crippen LogP contribution is 2.46. The van der Waals surface area contributed by atoms with E-state index in [0.29, 0.717) is 0 Å². The highest BCUT2D eigenvalue weighted by Gasteiger charge is 2.21. The molecular weight excluding hydrogens is 566 g/mol. The lowest BCUT2D eigenvalue weighted by molar-refractivity contribution is 0.916. The zero-order valence-electron chi connectivity index (χ0n) is 25.9. The summed E-state index contributed by atoms with van der Waals surface area (Å²) in [6, 6.07) is 51.5. The smallest absolute Gasteiger partial charge is 0.0116 e. The van der Waals surface area contributed by atoms with E-state index in [9.17, 15) is 0 Å². The summed E-state index contributed by atoms with van der Waals surface area (Å²) in [5, 5.41) is 8.48. The molecule has 0 nitrogen and oxygen atoms in total. The van der Waals surface area contributed by atoms with Gasteiger partial charge in [0.05, 0.1) is 0 Å². The fourth-order valence-electron chi connectivity index (χ4n) is 5.64. The molecule has 0 bridgehead atoms. The van der Waals surface area contributed by atoms with Gasteiger partial charge in [0.2, 0.25) is 0 Å². The third kappa shape index (κ3) is 8.01. The number of aryl methyl sites for hydroxylation is 2. The van der Waals surface area contributed by atoms with Gasteiger partial charge in [-0.05, 0) is 85.0 Å². The van der Waals surface area contributed by atoms with Gasteiger partial charge in [0, 0.05) is 0 Å². The van der Waals surface area contributed by atoms with Crippen LogP contribution in [0, 0.1) is 0 Å². The Hall–Kier alpha value is -3.82. The van der Waals surface area contributed by atoms with Crippen LogP contribution in [0.1, 0.15) is 37.8 Å². The minimum atomic E-state index is -0.685. The van der Waals surface area contributed by atoms with E-state index in [1.807, 2.05) is 6.08 Å². The third-order valence-electron chi connectivity index (χ3n) is 7.82. The van der Waals surface area contributed by atoms with Crippen LogP contribution < -0.4 is 26.5 Å². The van der Waals surface area contributed by atoms with Crippen molar-refractivity contribution >= 4 is 42.4 Å².